The summed E-state index contributed by atoms with van der Waals surface area (Å²) < 4.78 is 10.6. The normalized spacial score (nSPS) is 13.1. The minimum atomic E-state index is 0.286. The van der Waals surface area contributed by atoms with Crippen LogP contribution < -0.4 is 15.2 Å². The molecule has 3 N–H and O–H groups in total. The Bertz CT molecular complexity index is 522. The van der Waals surface area contributed by atoms with Crippen LogP contribution in [0.3, 0.4) is 0 Å². The van der Waals surface area contributed by atoms with E-state index in [0.717, 1.165) is 28.3 Å². The van der Waals surface area contributed by atoms with Crippen molar-refractivity contribution in [1.82, 2.24) is 10.2 Å². The predicted octanol–water partition coefficient (Wildman–Crippen LogP) is 1.26. The second-order valence-electron chi connectivity index (χ2n) is 3.53. The van der Waals surface area contributed by atoms with Crippen molar-refractivity contribution in [3.05, 3.63) is 30.1 Å². The van der Waals surface area contributed by atoms with Crippen LogP contribution in [0.15, 0.2) is 24.4 Å². The Morgan fingerprint density at radius 3 is 3.06 bits per heavy atom. The summed E-state index contributed by atoms with van der Waals surface area (Å²) in [4.78, 5) is 0. The van der Waals surface area contributed by atoms with Crippen molar-refractivity contribution in [2.45, 2.75) is 6.54 Å². The lowest BCUT2D eigenvalue weighted by atomic mass is 10.1. The fourth-order valence-corrected chi connectivity index (χ4v) is 1.78. The summed E-state index contributed by atoms with van der Waals surface area (Å²) in [5.41, 5.74) is 8.56. The zero-order valence-corrected chi connectivity index (χ0v) is 8.56. The van der Waals surface area contributed by atoms with E-state index >= 15 is 0 Å². The molecule has 1 aromatic heterocycles. The number of hydrogen-bond donors (Lipinski definition) is 2. The van der Waals surface area contributed by atoms with E-state index in [1.54, 1.807) is 6.20 Å². The third-order valence-electron chi connectivity index (χ3n) is 2.61. The van der Waals surface area contributed by atoms with Crippen molar-refractivity contribution in [1.29, 1.82) is 0 Å². The maximum Gasteiger partial charge on any atom is 0.231 e. The van der Waals surface area contributed by atoms with Crippen LogP contribution >= 0.6 is 0 Å². The lowest BCUT2D eigenvalue weighted by Crippen LogP contribution is -1.98. The van der Waals surface area contributed by atoms with E-state index in [1.165, 1.54) is 0 Å². The molecule has 5 nitrogen and oxygen atoms in total. The number of aromatic amines is 1. The number of ether oxygens (including phenoxy) is 2. The van der Waals surface area contributed by atoms with Gasteiger partial charge in [0.15, 0.2) is 11.5 Å². The summed E-state index contributed by atoms with van der Waals surface area (Å²) in [5, 5.41) is 6.86. The molecule has 0 atom stereocenters. The average molecular weight is 217 g/mol. The van der Waals surface area contributed by atoms with Gasteiger partial charge in [0, 0.05) is 12.1 Å². The van der Waals surface area contributed by atoms with Crippen molar-refractivity contribution >= 4 is 0 Å². The van der Waals surface area contributed by atoms with Gasteiger partial charge in [0.05, 0.1) is 11.9 Å². The van der Waals surface area contributed by atoms with Gasteiger partial charge in [0.25, 0.3) is 0 Å². The van der Waals surface area contributed by atoms with Gasteiger partial charge in [-0.2, -0.15) is 5.10 Å². The standard InChI is InChI=1S/C11H11N3O2/c12-4-9-8(5-13-14-9)7-1-2-10-11(3-7)16-6-15-10/h1-3,5H,4,6,12H2,(H,13,14). The third-order valence-corrected chi connectivity index (χ3v) is 2.61. The van der Waals surface area contributed by atoms with Crippen molar-refractivity contribution in [2.75, 3.05) is 6.79 Å². The minimum absolute atomic E-state index is 0.286. The van der Waals surface area contributed by atoms with E-state index in [2.05, 4.69) is 10.2 Å². The molecule has 82 valence electrons. The molecule has 0 fully saturated rings. The van der Waals surface area contributed by atoms with Gasteiger partial charge < -0.3 is 15.2 Å². The maximum absolute atomic E-state index is 5.62. The largest absolute Gasteiger partial charge is 0.454 e. The lowest BCUT2D eigenvalue weighted by molar-refractivity contribution is 0.174. The minimum Gasteiger partial charge on any atom is -0.454 e. The summed E-state index contributed by atoms with van der Waals surface area (Å²) in [6, 6.07) is 5.80. The number of fused-ring (bicyclic) bond motifs is 1. The molecule has 0 aliphatic carbocycles. The lowest BCUT2D eigenvalue weighted by Gasteiger charge is -2.02. The highest BCUT2D eigenvalue weighted by molar-refractivity contribution is 5.68. The molecule has 2 aromatic rings. The molecule has 0 bridgehead atoms. The Balaban J connectivity index is 2.07. The van der Waals surface area contributed by atoms with Crippen LogP contribution in [-0.4, -0.2) is 17.0 Å². The van der Waals surface area contributed by atoms with Crippen molar-refractivity contribution in [3.8, 4) is 22.6 Å². The van der Waals surface area contributed by atoms with Crippen LogP contribution in [0.2, 0.25) is 0 Å². The molecule has 0 spiro atoms. The molecule has 5 heteroatoms. The van der Waals surface area contributed by atoms with Gasteiger partial charge >= 0.3 is 0 Å². The number of benzene rings is 1. The molecule has 16 heavy (non-hydrogen) atoms. The predicted molar refractivity (Wildman–Crippen MR) is 58.0 cm³/mol. The zero-order valence-electron chi connectivity index (χ0n) is 8.56. The fourth-order valence-electron chi connectivity index (χ4n) is 1.78. The first-order valence-electron chi connectivity index (χ1n) is 5.01. The van der Waals surface area contributed by atoms with E-state index in [0.29, 0.717) is 6.54 Å². The van der Waals surface area contributed by atoms with Gasteiger partial charge in [-0.25, -0.2) is 0 Å². The molecule has 3 rings (SSSR count). The van der Waals surface area contributed by atoms with Crippen LogP contribution in [0, 0.1) is 0 Å². The van der Waals surface area contributed by atoms with Gasteiger partial charge in [-0.3, -0.25) is 5.10 Å². The maximum atomic E-state index is 5.62. The van der Waals surface area contributed by atoms with Crippen LogP contribution in [0.4, 0.5) is 0 Å². The van der Waals surface area contributed by atoms with Crippen molar-refractivity contribution < 1.29 is 9.47 Å². The molecule has 0 saturated carbocycles. The van der Waals surface area contributed by atoms with Crippen molar-refractivity contribution in [3.63, 3.8) is 0 Å². The summed E-state index contributed by atoms with van der Waals surface area (Å²) in [6.45, 7) is 0.720. The number of hydrogen-bond acceptors (Lipinski definition) is 4. The molecule has 0 amide bonds. The Morgan fingerprint density at radius 2 is 2.19 bits per heavy atom. The Labute approximate surface area is 92.2 Å². The highest BCUT2D eigenvalue weighted by Gasteiger charge is 2.15. The monoisotopic (exact) mass is 217 g/mol. The van der Waals surface area contributed by atoms with Crippen LogP contribution in [0.1, 0.15) is 5.69 Å². The van der Waals surface area contributed by atoms with Gasteiger partial charge in [-0.1, -0.05) is 6.07 Å². The quantitative estimate of drug-likeness (QED) is 0.794. The molecule has 0 radical (unpaired) electrons. The van der Waals surface area contributed by atoms with E-state index < -0.39 is 0 Å². The van der Waals surface area contributed by atoms with Gasteiger partial charge in [0.1, 0.15) is 0 Å². The highest BCUT2D eigenvalue weighted by Crippen LogP contribution is 2.36. The molecule has 1 aliphatic rings. The van der Waals surface area contributed by atoms with Crippen molar-refractivity contribution in [2.24, 2.45) is 5.73 Å². The second kappa shape index (κ2) is 3.53. The first-order chi connectivity index (χ1) is 7.88. The number of nitrogens with zero attached hydrogens (tertiary/aromatic N) is 1. The average Bonchev–Trinajstić information content (AvgIpc) is 2.96. The number of aromatic nitrogens is 2. The number of nitrogens with two attached hydrogens (primary N) is 1. The number of nitrogens with one attached hydrogen (secondary N) is 1. The Morgan fingerprint density at radius 1 is 1.31 bits per heavy atom. The summed E-state index contributed by atoms with van der Waals surface area (Å²) in [6.07, 6.45) is 1.76. The molecule has 0 saturated heterocycles. The van der Waals surface area contributed by atoms with Crippen LogP contribution in [0.25, 0.3) is 11.1 Å². The molecule has 1 aromatic carbocycles. The first-order valence-corrected chi connectivity index (χ1v) is 5.01. The van der Waals surface area contributed by atoms with Gasteiger partial charge in [0.2, 0.25) is 6.79 Å². The summed E-state index contributed by atoms with van der Waals surface area (Å²) >= 11 is 0. The fraction of sp³-hybridized carbons (Fsp3) is 0.182. The molecule has 2 heterocycles. The Kier molecular flexibility index (Phi) is 2.04. The smallest absolute Gasteiger partial charge is 0.231 e. The number of rotatable bonds is 2. The first kappa shape index (κ1) is 9.23. The molecular formula is C11H11N3O2. The highest BCUT2D eigenvalue weighted by atomic mass is 16.7. The topological polar surface area (TPSA) is 73.2 Å². The zero-order chi connectivity index (χ0) is 11.0. The number of H-pyrrole nitrogens is 1. The molecule has 1 aliphatic heterocycles. The summed E-state index contributed by atoms with van der Waals surface area (Å²) in [5.74, 6) is 1.54. The SMILES string of the molecule is NCc1[nH]ncc1-c1ccc2c(c1)OCO2. The second-order valence-corrected chi connectivity index (χ2v) is 3.53. The van der Waals surface area contributed by atoms with E-state index in [1.807, 2.05) is 18.2 Å². The van der Waals surface area contributed by atoms with E-state index in [-0.39, 0.29) is 6.79 Å². The molecular weight excluding hydrogens is 206 g/mol. The van der Waals surface area contributed by atoms with Gasteiger partial charge in [-0.15, -0.1) is 0 Å². The van der Waals surface area contributed by atoms with Gasteiger partial charge in [-0.05, 0) is 17.7 Å². The summed E-state index contributed by atoms with van der Waals surface area (Å²) in [7, 11) is 0. The van der Waals surface area contributed by atoms with Crippen LogP contribution in [-0.2, 0) is 6.54 Å². The molecule has 0 unspecified atom stereocenters. The Hall–Kier alpha value is -2.01. The third kappa shape index (κ3) is 1.33. The van der Waals surface area contributed by atoms with E-state index in [4.69, 9.17) is 15.2 Å². The van der Waals surface area contributed by atoms with E-state index in [9.17, 15) is 0 Å². The van der Waals surface area contributed by atoms with Crippen LogP contribution in [0.5, 0.6) is 11.5 Å².